The minimum atomic E-state index is -0.526. The van der Waals surface area contributed by atoms with E-state index in [-0.39, 0.29) is 11.7 Å². The van der Waals surface area contributed by atoms with Crippen LogP contribution in [0.15, 0.2) is 77.3 Å². The molecule has 148 valence electrons. The highest BCUT2D eigenvalue weighted by Crippen LogP contribution is 2.45. The fraction of sp³-hybridized carbons (Fsp3) is 0.0435. The molecule has 2 heterocycles. The summed E-state index contributed by atoms with van der Waals surface area (Å²) in [7, 11) is 0. The van der Waals surface area contributed by atoms with Crippen LogP contribution in [-0.2, 0) is 0 Å². The predicted molar refractivity (Wildman–Crippen MR) is 118 cm³/mol. The minimum Gasteiger partial charge on any atom is -0.295 e. The first-order valence-electron chi connectivity index (χ1n) is 9.22. The fourth-order valence-corrected chi connectivity index (χ4v) is 4.23. The van der Waals surface area contributed by atoms with Crippen LogP contribution in [0.2, 0.25) is 5.02 Å². The predicted octanol–water partition coefficient (Wildman–Crippen LogP) is 6.38. The van der Waals surface area contributed by atoms with Crippen molar-refractivity contribution in [2.75, 3.05) is 4.90 Å². The van der Waals surface area contributed by atoms with Crippen molar-refractivity contribution in [1.29, 1.82) is 0 Å². The second kappa shape index (κ2) is 7.38. The van der Waals surface area contributed by atoms with Crippen molar-refractivity contribution in [3.63, 3.8) is 0 Å². The molecule has 4 aromatic rings. The van der Waals surface area contributed by atoms with E-state index in [1.807, 2.05) is 30.3 Å². The van der Waals surface area contributed by atoms with Crippen molar-refractivity contribution >= 4 is 39.1 Å². The lowest BCUT2D eigenvalue weighted by Gasteiger charge is -2.26. The monoisotopic (exact) mass is 481 g/mol. The number of rotatable bonds is 3. The number of carbonyl (C=O) groups is 1. The van der Waals surface area contributed by atoms with E-state index >= 15 is 0 Å². The number of H-pyrrole nitrogens is 1. The van der Waals surface area contributed by atoms with Crippen molar-refractivity contribution in [3.8, 4) is 11.3 Å². The third-order valence-electron chi connectivity index (χ3n) is 5.16. The van der Waals surface area contributed by atoms with Gasteiger partial charge in [0.2, 0.25) is 0 Å². The first-order valence-corrected chi connectivity index (χ1v) is 10.4. The van der Waals surface area contributed by atoms with E-state index < -0.39 is 6.04 Å². The molecule has 1 aromatic heterocycles. The SMILES string of the molecule is O=C1c2[nH]nc(-c3ccc(Br)cc3)c2[C@H](c2cccc(F)c2)N1c1ccc(Cl)cc1. The Kier molecular flexibility index (Phi) is 4.68. The van der Waals surface area contributed by atoms with E-state index in [4.69, 9.17) is 11.6 Å². The Morgan fingerprint density at radius 3 is 2.47 bits per heavy atom. The average Bonchev–Trinajstić information content (AvgIpc) is 3.28. The molecule has 0 bridgehead atoms. The Bertz CT molecular complexity index is 1250. The largest absolute Gasteiger partial charge is 0.295 e. The van der Waals surface area contributed by atoms with Crippen molar-refractivity contribution < 1.29 is 9.18 Å². The summed E-state index contributed by atoms with van der Waals surface area (Å²) in [5, 5.41) is 7.90. The minimum absolute atomic E-state index is 0.225. The second-order valence-electron chi connectivity index (χ2n) is 6.98. The fourth-order valence-electron chi connectivity index (χ4n) is 3.83. The molecule has 1 amide bonds. The van der Waals surface area contributed by atoms with E-state index in [9.17, 15) is 9.18 Å². The molecule has 3 aromatic carbocycles. The normalized spacial score (nSPS) is 15.5. The van der Waals surface area contributed by atoms with Crippen LogP contribution in [0, 0.1) is 5.82 Å². The molecule has 1 aliphatic heterocycles. The van der Waals surface area contributed by atoms with Gasteiger partial charge in [0.05, 0.1) is 11.7 Å². The molecule has 7 heteroatoms. The van der Waals surface area contributed by atoms with Gasteiger partial charge in [-0.15, -0.1) is 0 Å². The van der Waals surface area contributed by atoms with Crippen LogP contribution < -0.4 is 4.90 Å². The van der Waals surface area contributed by atoms with E-state index in [2.05, 4.69) is 26.1 Å². The number of nitrogens with one attached hydrogen (secondary N) is 1. The van der Waals surface area contributed by atoms with E-state index in [1.165, 1.54) is 12.1 Å². The van der Waals surface area contributed by atoms with Crippen LogP contribution in [0.4, 0.5) is 10.1 Å². The van der Waals surface area contributed by atoms with Gasteiger partial charge in [0.25, 0.3) is 5.91 Å². The molecule has 0 saturated heterocycles. The molecular weight excluding hydrogens is 469 g/mol. The number of halogens is 3. The highest BCUT2D eigenvalue weighted by Gasteiger charge is 2.43. The summed E-state index contributed by atoms with van der Waals surface area (Å²) >= 11 is 9.48. The third kappa shape index (κ3) is 3.13. The van der Waals surface area contributed by atoms with Crippen LogP contribution in [-0.4, -0.2) is 16.1 Å². The standard InChI is InChI=1S/C23H14BrClFN3O/c24-15-6-4-13(5-7-15)20-19-21(28-27-20)23(30)29(18-10-8-16(25)9-11-18)22(19)14-2-1-3-17(26)12-14/h1-12,22H,(H,27,28)/t22-/m0/s1. The Balaban J connectivity index is 1.72. The molecule has 0 unspecified atom stereocenters. The number of nitrogens with zero attached hydrogens (tertiary/aromatic N) is 2. The summed E-state index contributed by atoms with van der Waals surface area (Å²) in [6.07, 6.45) is 0. The summed E-state index contributed by atoms with van der Waals surface area (Å²) in [5.74, 6) is -0.587. The van der Waals surface area contributed by atoms with Crippen LogP contribution in [0.1, 0.15) is 27.7 Å². The molecule has 0 fully saturated rings. The van der Waals surface area contributed by atoms with Gasteiger partial charge in [-0.05, 0) is 54.1 Å². The number of carbonyl (C=O) groups excluding carboxylic acids is 1. The number of aromatic nitrogens is 2. The molecule has 5 rings (SSSR count). The molecule has 0 saturated carbocycles. The van der Waals surface area contributed by atoms with Gasteiger partial charge in [-0.1, -0.05) is 51.8 Å². The van der Waals surface area contributed by atoms with Gasteiger partial charge in [0.15, 0.2) is 0 Å². The molecule has 4 nitrogen and oxygen atoms in total. The Morgan fingerprint density at radius 2 is 1.77 bits per heavy atom. The summed E-state index contributed by atoms with van der Waals surface area (Å²) in [4.78, 5) is 15.0. The highest BCUT2D eigenvalue weighted by molar-refractivity contribution is 9.10. The number of hydrogen-bond acceptors (Lipinski definition) is 2. The van der Waals surface area contributed by atoms with Crippen LogP contribution in [0.3, 0.4) is 0 Å². The third-order valence-corrected chi connectivity index (χ3v) is 5.94. The maximum atomic E-state index is 14.1. The van der Waals surface area contributed by atoms with Crippen LogP contribution in [0.25, 0.3) is 11.3 Å². The van der Waals surface area contributed by atoms with Crippen molar-refractivity contribution in [2.45, 2.75) is 6.04 Å². The van der Waals surface area contributed by atoms with Crippen molar-refractivity contribution in [3.05, 3.63) is 105 Å². The van der Waals surface area contributed by atoms with Crippen LogP contribution >= 0.6 is 27.5 Å². The van der Waals surface area contributed by atoms with E-state index in [0.29, 0.717) is 27.7 Å². The van der Waals surface area contributed by atoms with Gasteiger partial charge in [-0.25, -0.2) is 4.39 Å². The molecule has 30 heavy (non-hydrogen) atoms. The lowest BCUT2D eigenvalue weighted by Crippen LogP contribution is -2.29. The Morgan fingerprint density at radius 1 is 1.03 bits per heavy atom. The Labute approximate surface area is 185 Å². The number of fused-ring (bicyclic) bond motifs is 1. The number of amides is 1. The average molecular weight is 483 g/mol. The summed E-state index contributed by atoms with van der Waals surface area (Å²) in [6.45, 7) is 0. The first-order chi connectivity index (χ1) is 14.5. The topological polar surface area (TPSA) is 49.0 Å². The van der Waals surface area contributed by atoms with Crippen LogP contribution in [0.5, 0.6) is 0 Å². The maximum Gasteiger partial charge on any atom is 0.277 e. The lowest BCUT2D eigenvalue weighted by molar-refractivity contribution is 0.0988. The molecule has 1 N–H and O–H groups in total. The zero-order valence-electron chi connectivity index (χ0n) is 15.4. The molecule has 0 radical (unpaired) electrons. The number of anilines is 1. The summed E-state index contributed by atoms with van der Waals surface area (Å²) in [6, 6.07) is 20.5. The number of aromatic amines is 1. The zero-order valence-corrected chi connectivity index (χ0v) is 17.8. The van der Waals surface area contributed by atoms with Gasteiger partial charge in [0, 0.05) is 26.3 Å². The molecular formula is C23H14BrClFN3O. The van der Waals surface area contributed by atoms with Gasteiger partial charge in [0.1, 0.15) is 11.5 Å². The maximum absolute atomic E-state index is 14.1. The summed E-state index contributed by atoms with van der Waals surface area (Å²) < 4.78 is 15.1. The molecule has 0 aliphatic carbocycles. The molecule has 0 spiro atoms. The number of benzene rings is 3. The van der Waals surface area contributed by atoms with Crippen molar-refractivity contribution in [2.24, 2.45) is 0 Å². The molecule has 1 atom stereocenters. The van der Waals surface area contributed by atoms with Gasteiger partial charge in [-0.2, -0.15) is 5.10 Å². The smallest absolute Gasteiger partial charge is 0.277 e. The van der Waals surface area contributed by atoms with E-state index in [0.717, 1.165) is 15.6 Å². The van der Waals surface area contributed by atoms with Gasteiger partial charge < -0.3 is 0 Å². The lowest BCUT2D eigenvalue weighted by atomic mass is 9.96. The summed E-state index contributed by atoms with van der Waals surface area (Å²) in [5.41, 5.74) is 3.99. The second-order valence-corrected chi connectivity index (χ2v) is 8.33. The molecule has 1 aliphatic rings. The van der Waals surface area contributed by atoms with E-state index in [1.54, 1.807) is 35.2 Å². The zero-order chi connectivity index (χ0) is 20.8. The quantitative estimate of drug-likeness (QED) is 0.368. The Hall–Kier alpha value is -2.96. The van der Waals surface area contributed by atoms with Gasteiger partial charge >= 0.3 is 0 Å². The number of hydrogen-bond donors (Lipinski definition) is 1. The van der Waals surface area contributed by atoms with Gasteiger partial charge in [-0.3, -0.25) is 14.8 Å². The first kappa shape index (κ1) is 19.0. The highest BCUT2D eigenvalue weighted by atomic mass is 79.9. The van der Waals surface area contributed by atoms with Crippen molar-refractivity contribution in [1.82, 2.24) is 10.2 Å².